The smallest absolute Gasteiger partial charge is 0.206 e. The fourth-order valence-corrected chi connectivity index (χ4v) is 1.24. The maximum absolute atomic E-state index is 5.35. The van der Waals surface area contributed by atoms with E-state index in [2.05, 4.69) is 38.1 Å². The van der Waals surface area contributed by atoms with Gasteiger partial charge in [0.15, 0.2) is 0 Å². The Morgan fingerprint density at radius 2 is 2.13 bits per heavy atom. The fraction of sp³-hybridized carbons (Fsp3) is 0.667. The van der Waals surface area contributed by atoms with Gasteiger partial charge in [-0.1, -0.05) is 13.3 Å². The van der Waals surface area contributed by atoms with Crippen molar-refractivity contribution in [2.24, 2.45) is 0 Å². The van der Waals surface area contributed by atoms with Crippen molar-refractivity contribution in [3.05, 3.63) is 11.8 Å². The number of rotatable bonds is 6. The molecule has 0 aromatic rings. The minimum absolute atomic E-state index is 0.476. The van der Waals surface area contributed by atoms with E-state index in [1.54, 1.807) is 0 Å². The van der Waals surface area contributed by atoms with Crippen LogP contribution in [0.2, 0.25) is 13.1 Å². The second-order valence-electron chi connectivity index (χ2n) is 3.53. The van der Waals surface area contributed by atoms with Crippen molar-refractivity contribution in [2.75, 3.05) is 6.61 Å². The predicted molar refractivity (Wildman–Crippen MR) is 65.6 cm³/mol. The molecule has 0 amide bonds. The first kappa shape index (κ1) is 14.3. The number of hydrogen-bond donors (Lipinski definition) is 0. The van der Waals surface area contributed by atoms with Crippen LogP contribution in [0.1, 0.15) is 33.1 Å². The summed E-state index contributed by atoms with van der Waals surface area (Å²) in [6.45, 7) is 8.76. The fourth-order valence-electron chi connectivity index (χ4n) is 0.878. The van der Waals surface area contributed by atoms with E-state index in [-0.39, 0.29) is 0 Å². The lowest BCUT2D eigenvalue weighted by Gasteiger charge is -1.99. The van der Waals surface area contributed by atoms with Gasteiger partial charge in [-0.15, -0.1) is 0 Å². The third kappa shape index (κ3) is 11.2. The van der Waals surface area contributed by atoms with E-state index in [1.165, 1.54) is 12.8 Å². The van der Waals surface area contributed by atoms with Crippen LogP contribution in [0, 0.1) is 12.0 Å². The molecule has 0 aliphatic rings. The summed E-state index contributed by atoms with van der Waals surface area (Å²) in [6.07, 6.45) is 8.20. The zero-order chi connectivity index (χ0) is 11.5. The number of unbranched alkanes of at least 4 members (excludes halogenated alkanes) is 2. The number of ether oxygens (including phenoxy) is 1. The van der Waals surface area contributed by atoms with Gasteiger partial charge >= 0.3 is 0 Å². The average Bonchev–Trinajstić information content (AvgIpc) is 2.17. The predicted octanol–water partition coefficient (Wildman–Crippen LogP) is 3.33. The highest BCUT2D eigenvalue weighted by Crippen LogP contribution is 2.01. The second-order valence-corrected chi connectivity index (χ2v) is 5.64. The monoisotopic (exact) mass is 225 g/mol. The molecule has 0 spiro atoms. The normalized spacial score (nSPS) is 11.1. The Hall–Kier alpha value is -0.723. The van der Waals surface area contributed by atoms with Gasteiger partial charge in [0.2, 0.25) is 9.04 Å². The molecular weight excluding hydrogens is 204 g/mol. The third-order valence-corrected chi connectivity index (χ3v) is 2.43. The van der Waals surface area contributed by atoms with Crippen LogP contribution < -0.4 is 0 Å². The molecule has 0 atom stereocenters. The molecular formula is C12H21O2Si. The summed E-state index contributed by atoms with van der Waals surface area (Å²) in [5, 5.41) is 0. The van der Waals surface area contributed by atoms with E-state index in [1.807, 2.05) is 6.92 Å². The largest absolute Gasteiger partial charge is 0.413 e. The Bertz CT molecular complexity index is 236. The highest BCUT2D eigenvalue weighted by atomic mass is 28.3. The third-order valence-electron chi connectivity index (χ3n) is 1.71. The molecule has 0 saturated heterocycles. The van der Waals surface area contributed by atoms with Gasteiger partial charge in [0.25, 0.3) is 0 Å². The van der Waals surface area contributed by atoms with Crippen LogP contribution in [-0.4, -0.2) is 15.6 Å². The molecule has 0 aromatic heterocycles. The summed E-state index contributed by atoms with van der Waals surface area (Å²) in [6, 6.07) is 0. The zero-order valence-electron chi connectivity index (χ0n) is 10.2. The van der Waals surface area contributed by atoms with Crippen molar-refractivity contribution >= 4 is 9.04 Å². The van der Waals surface area contributed by atoms with E-state index in [9.17, 15) is 0 Å². The maximum Gasteiger partial charge on any atom is 0.206 e. The van der Waals surface area contributed by atoms with Crippen LogP contribution in [0.4, 0.5) is 0 Å². The number of hydrogen-bond acceptors (Lipinski definition) is 2. The van der Waals surface area contributed by atoms with Crippen molar-refractivity contribution in [3.8, 4) is 12.0 Å². The Morgan fingerprint density at radius 3 is 2.73 bits per heavy atom. The quantitative estimate of drug-likeness (QED) is 0.299. The molecule has 0 saturated carbocycles. The van der Waals surface area contributed by atoms with Crippen molar-refractivity contribution in [1.82, 2.24) is 0 Å². The van der Waals surface area contributed by atoms with Crippen LogP contribution in [0.3, 0.4) is 0 Å². The SMILES string of the molecule is CCCC/C=C(/C)OC#CCO[Si](C)C. The zero-order valence-corrected chi connectivity index (χ0v) is 11.2. The first-order valence-electron chi connectivity index (χ1n) is 5.41. The topological polar surface area (TPSA) is 18.5 Å². The Morgan fingerprint density at radius 1 is 1.40 bits per heavy atom. The maximum atomic E-state index is 5.35. The van der Waals surface area contributed by atoms with E-state index < -0.39 is 9.04 Å². The van der Waals surface area contributed by atoms with Crippen molar-refractivity contribution < 1.29 is 9.16 Å². The molecule has 0 aliphatic carbocycles. The lowest BCUT2D eigenvalue weighted by atomic mass is 10.2. The Labute approximate surface area is 95.4 Å². The molecule has 0 N–H and O–H groups in total. The standard InChI is InChI=1S/C12H21O2Si/c1-5-6-7-9-12(2)13-10-8-11-14-15(3)4/h9H,5-7,11H2,1-4H3/b12-9-. The van der Waals surface area contributed by atoms with Gasteiger partial charge in [0.05, 0.1) is 6.61 Å². The summed E-state index contributed by atoms with van der Waals surface area (Å²) in [4.78, 5) is 0. The summed E-state index contributed by atoms with van der Waals surface area (Å²) in [5.41, 5.74) is 0. The van der Waals surface area contributed by atoms with E-state index in [0.717, 1.165) is 12.2 Å². The van der Waals surface area contributed by atoms with Crippen LogP contribution in [0.25, 0.3) is 0 Å². The van der Waals surface area contributed by atoms with E-state index in [4.69, 9.17) is 9.16 Å². The first-order chi connectivity index (χ1) is 7.16. The Balaban J connectivity index is 3.59. The van der Waals surface area contributed by atoms with Crippen LogP contribution in [-0.2, 0) is 9.16 Å². The van der Waals surface area contributed by atoms with Gasteiger partial charge in [-0.25, -0.2) is 0 Å². The molecule has 15 heavy (non-hydrogen) atoms. The summed E-state index contributed by atoms with van der Waals surface area (Å²) in [7, 11) is -0.625. The molecule has 1 radical (unpaired) electrons. The lowest BCUT2D eigenvalue weighted by Crippen LogP contribution is -2.07. The van der Waals surface area contributed by atoms with Crippen LogP contribution >= 0.6 is 0 Å². The minimum Gasteiger partial charge on any atom is -0.413 e. The van der Waals surface area contributed by atoms with Gasteiger partial charge in [-0.05, 0) is 44.9 Å². The molecule has 0 bridgehead atoms. The van der Waals surface area contributed by atoms with Gasteiger partial charge in [-0.3, -0.25) is 0 Å². The molecule has 85 valence electrons. The molecule has 0 aromatic carbocycles. The molecule has 0 unspecified atom stereocenters. The highest BCUT2D eigenvalue weighted by molar-refractivity contribution is 6.48. The molecule has 2 nitrogen and oxygen atoms in total. The minimum atomic E-state index is -0.625. The van der Waals surface area contributed by atoms with E-state index in [0.29, 0.717) is 6.61 Å². The molecule has 3 heteroatoms. The first-order valence-corrected chi connectivity index (χ1v) is 7.82. The molecule has 0 heterocycles. The summed E-state index contributed by atoms with van der Waals surface area (Å²) < 4.78 is 10.6. The number of allylic oxidation sites excluding steroid dienone is 2. The lowest BCUT2D eigenvalue weighted by molar-refractivity contribution is 0.366. The summed E-state index contributed by atoms with van der Waals surface area (Å²) >= 11 is 0. The van der Waals surface area contributed by atoms with Gasteiger partial charge < -0.3 is 9.16 Å². The Kier molecular flexibility index (Phi) is 9.34. The highest BCUT2D eigenvalue weighted by Gasteiger charge is 1.92. The molecule has 0 aliphatic heterocycles. The van der Waals surface area contributed by atoms with Gasteiger partial charge in [0.1, 0.15) is 11.9 Å². The molecule has 0 rings (SSSR count). The summed E-state index contributed by atoms with van der Waals surface area (Å²) in [5.74, 6) is 3.71. The van der Waals surface area contributed by atoms with E-state index >= 15 is 0 Å². The molecule has 0 fully saturated rings. The van der Waals surface area contributed by atoms with Crippen molar-refractivity contribution in [2.45, 2.75) is 46.2 Å². The van der Waals surface area contributed by atoms with Gasteiger partial charge in [-0.2, -0.15) is 0 Å². The second kappa shape index (κ2) is 9.82. The van der Waals surface area contributed by atoms with Crippen molar-refractivity contribution in [1.29, 1.82) is 0 Å². The average molecular weight is 225 g/mol. The van der Waals surface area contributed by atoms with Gasteiger partial charge in [0, 0.05) is 0 Å². The van der Waals surface area contributed by atoms with Crippen LogP contribution in [0.15, 0.2) is 11.8 Å². The van der Waals surface area contributed by atoms with Crippen molar-refractivity contribution in [3.63, 3.8) is 0 Å². The van der Waals surface area contributed by atoms with Crippen LogP contribution in [0.5, 0.6) is 0 Å².